The Morgan fingerprint density at radius 1 is 1.25 bits per heavy atom. The predicted octanol–water partition coefficient (Wildman–Crippen LogP) is 2.70. The molecule has 1 aromatic carbocycles. The first kappa shape index (κ1) is 11.5. The highest BCUT2D eigenvalue weighted by Crippen LogP contribution is 2.24. The van der Waals surface area contributed by atoms with Crippen LogP contribution in [-0.4, -0.2) is 19.6 Å². The molecule has 0 amide bonds. The monoisotopic (exact) mass is 218 g/mol. The molecule has 1 aromatic rings. The van der Waals surface area contributed by atoms with E-state index in [0.717, 1.165) is 13.1 Å². The Labute approximate surface area is 98.7 Å². The van der Waals surface area contributed by atoms with Crippen LogP contribution in [0.2, 0.25) is 0 Å². The van der Waals surface area contributed by atoms with E-state index in [9.17, 15) is 0 Å². The van der Waals surface area contributed by atoms with Gasteiger partial charge in [-0.1, -0.05) is 19.1 Å². The topological polar surface area (TPSA) is 15.3 Å². The number of nitrogens with one attached hydrogen (secondary N) is 1. The summed E-state index contributed by atoms with van der Waals surface area (Å²) in [7, 11) is 0. The van der Waals surface area contributed by atoms with Crippen molar-refractivity contribution < 1.29 is 0 Å². The van der Waals surface area contributed by atoms with Crippen molar-refractivity contribution in [3.05, 3.63) is 29.3 Å². The van der Waals surface area contributed by atoms with Crippen LogP contribution in [0, 0.1) is 6.92 Å². The second-order valence-electron chi connectivity index (χ2n) is 4.60. The van der Waals surface area contributed by atoms with Gasteiger partial charge in [0.15, 0.2) is 0 Å². The van der Waals surface area contributed by atoms with Crippen molar-refractivity contribution in [3.8, 4) is 0 Å². The highest BCUT2D eigenvalue weighted by Gasteiger charge is 2.13. The van der Waals surface area contributed by atoms with Crippen molar-refractivity contribution in [1.29, 1.82) is 0 Å². The normalized spacial score (nSPS) is 15.8. The van der Waals surface area contributed by atoms with Crippen LogP contribution in [0.4, 0.5) is 5.69 Å². The minimum absolute atomic E-state index is 0.984. The van der Waals surface area contributed by atoms with Gasteiger partial charge in [-0.3, -0.25) is 0 Å². The number of rotatable bonds is 4. The predicted molar refractivity (Wildman–Crippen MR) is 70.0 cm³/mol. The molecule has 0 saturated carbocycles. The highest BCUT2D eigenvalue weighted by atomic mass is 15.1. The van der Waals surface area contributed by atoms with Crippen molar-refractivity contribution >= 4 is 5.69 Å². The second kappa shape index (κ2) is 5.35. The van der Waals surface area contributed by atoms with E-state index in [-0.39, 0.29) is 0 Å². The molecule has 1 aliphatic rings. The summed E-state index contributed by atoms with van der Waals surface area (Å²) in [5.41, 5.74) is 4.23. The van der Waals surface area contributed by atoms with Gasteiger partial charge in [0, 0.05) is 25.3 Å². The number of nitrogens with zero attached hydrogens (tertiary/aromatic N) is 1. The molecular weight excluding hydrogens is 196 g/mol. The molecule has 0 aromatic heterocycles. The van der Waals surface area contributed by atoms with Gasteiger partial charge >= 0.3 is 0 Å². The van der Waals surface area contributed by atoms with Gasteiger partial charge in [0.1, 0.15) is 0 Å². The van der Waals surface area contributed by atoms with E-state index in [1.807, 2.05) is 0 Å². The summed E-state index contributed by atoms with van der Waals surface area (Å²) in [6.45, 7) is 8.85. The second-order valence-corrected chi connectivity index (χ2v) is 4.60. The van der Waals surface area contributed by atoms with E-state index in [0.29, 0.717) is 0 Å². The Kier molecular flexibility index (Phi) is 3.83. The summed E-state index contributed by atoms with van der Waals surface area (Å²) in [6.07, 6.45) is 2.69. The average molecular weight is 218 g/mol. The molecule has 0 unspecified atom stereocenters. The number of anilines is 1. The molecule has 2 nitrogen and oxygen atoms in total. The van der Waals surface area contributed by atoms with Gasteiger partial charge in [0.2, 0.25) is 0 Å². The van der Waals surface area contributed by atoms with Crippen molar-refractivity contribution in [2.24, 2.45) is 0 Å². The SMILES string of the molecule is CCNCc1ccc(N2CCCC2)c(C)c1. The first-order chi connectivity index (χ1) is 7.81. The van der Waals surface area contributed by atoms with Crippen LogP contribution in [0.5, 0.6) is 0 Å². The molecule has 0 spiro atoms. The molecule has 16 heavy (non-hydrogen) atoms. The molecule has 2 rings (SSSR count). The zero-order valence-electron chi connectivity index (χ0n) is 10.4. The fourth-order valence-electron chi connectivity index (χ4n) is 2.41. The van der Waals surface area contributed by atoms with Crippen LogP contribution < -0.4 is 10.2 Å². The number of hydrogen-bond acceptors (Lipinski definition) is 2. The molecule has 0 atom stereocenters. The highest BCUT2D eigenvalue weighted by molar-refractivity contribution is 5.55. The third-order valence-electron chi connectivity index (χ3n) is 3.29. The lowest BCUT2D eigenvalue weighted by Crippen LogP contribution is -2.19. The molecule has 1 heterocycles. The molecule has 0 bridgehead atoms. The van der Waals surface area contributed by atoms with Gasteiger partial charge in [0.25, 0.3) is 0 Å². The molecule has 1 fully saturated rings. The first-order valence-corrected chi connectivity index (χ1v) is 6.36. The van der Waals surface area contributed by atoms with E-state index in [2.05, 4.69) is 42.3 Å². The lowest BCUT2D eigenvalue weighted by Gasteiger charge is -2.20. The molecular formula is C14H22N2. The lowest BCUT2D eigenvalue weighted by atomic mass is 10.1. The molecule has 0 aliphatic carbocycles. The fraction of sp³-hybridized carbons (Fsp3) is 0.571. The summed E-state index contributed by atoms with van der Waals surface area (Å²) >= 11 is 0. The minimum atomic E-state index is 0.984. The maximum Gasteiger partial charge on any atom is 0.0396 e. The van der Waals surface area contributed by atoms with Gasteiger partial charge in [-0.05, 0) is 43.5 Å². The van der Waals surface area contributed by atoms with Crippen molar-refractivity contribution in [2.45, 2.75) is 33.2 Å². The van der Waals surface area contributed by atoms with Gasteiger partial charge < -0.3 is 10.2 Å². The average Bonchev–Trinajstić information content (AvgIpc) is 2.80. The van der Waals surface area contributed by atoms with Crippen molar-refractivity contribution in [1.82, 2.24) is 5.32 Å². The third kappa shape index (κ3) is 2.56. The van der Waals surface area contributed by atoms with E-state index < -0.39 is 0 Å². The summed E-state index contributed by atoms with van der Waals surface area (Å²) in [6, 6.07) is 6.85. The van der Waals surface area contributed by atoms with Crippen molar-refractivity contribution in [2.75, 3.05) is 24.5 Å². The summed E-state index contributed by atoms with van der Waals surface area (Å²) in [5.74, 6) is 0. The Hall–Kier alpha value is -1.02. The maximum absolute atomic E-state index is 3.37. The fourth-order valence-corrected chi connectivity index (χ4v) is 2.41. The molecule has 88 valence electrons. The van der Waals surface area contributed by atoms with Crippen LogP contribution in [0.15, 0.2) is 18.2 Å². The molecule has 2 heteroatoms. The van der Waals surface area contributed by atoms with Crippen LogP contribution >= 0.6 is 0 Å². The van der Waals surface area contributed by atoms with E-state index in [1.165, 1.54) is 42.7 Å². The molecule has 0 radical (unpaired) electrons. The van der Waals surface area contributed by atoms with Crippen LogP contribution in [0.25, 0.3) is 0 Å². The molecule has 1 aliphatic heterocycles. The number of benzene rings is 1. The number of hydrogen-bond donors (Lipinski definition) is 1. The summed E-state index contributed by atoms with van der Waals surface area (Å²) in [5, 5.41) is 3.37. The smallest absolute Gasteiger partial charge is 0.0396 e. The summed E-state index contributed by atoms with van der Waals surface area (Å²) < 4.78 is 0. The summed E-state index contributed by atoms with van der Waals surface area (Å²) in [4.78, 5) is 2.51. The van der Waals surface area contributed by atoms with Crippen molar-refractivity contribution in [3.63, 3.8) is 0 Å². The van der Waals surface area contributed by atoms with Crippen LogP contribution in [0.3, 0.4) is 0 Å². The quantitative estimate of drug-likeness (QED) is 0.836. The Balaban J connectivity index is 2.09. The maximum atomic E-state index is 3.37. The third-order valence-corrected chi connectivity index (χ3v) is 3.29. The van der Waals surface area contributed by atoms with E-state index >= 15 is 0 Å². The van der Waals surface area contributed by atoms with Gasteiger partial charge in [0.05, 0.1) is 0 Å². The van der Waals surface area contributed by atoms with Crippen LogP contribution in [-0.2, 0) is 6.54 Å². The zero-order chi connectivity index (χ0) is 11.4. The van der Waals surface area contributed by atoms with Gasteiger partial charge in [-0.2, -0.15) is 0 Å². The first-order valence-electron chi connectivity index (χ1n) is 6.36. The largest absolute Gasteiger partial charge is 0.371 e. The van der Waals surface area contributed by atoms with E-state index in [4.69, 9.17) is 0 Å². The molecule has 1 saturated heterocycles. The minimum Gasteiger partial charge on any atom is -0.371 e. The Bertz CT molecular complexity index is 341. The van der Waals surface area contributed by atoms with Gasteiger partial charge in [-0.25, -0.2) is 0 Å². The van der Waals surface area contributed by atoms with Gasteiger partial charge in [-0.15, -0.1) is 0 Å². The zero-order valence-corrected chi connectivity index (χ0v) is 10.4. The van der Waals surface area contributed by atoms with E-state index in [1.54, 1.807) is 0 Å². The molecule has 1 N–H and O–H groups in total. The lowest BCUT2D eigenvalue weighted by molar-refractivity contribution is 0.726. The standard InChI is InChI=1S/C14H22N2/c1-3-15-11-13-6-7-14(12(2)10-13)16-8-4-5-9-16/h6-7,10,15H,3-5,8-9,11H2,1-2H3. The van der Waals surface area contributed by atoms with Crippen LogP contribution in [0.1, 0.15) is 30.9 Å². The Morgan fingerprint density at radius 2 is 2.00 bits per heavy atom. The number of aryl methyl sites for hydroxylation is 1. The Morgan fingerprint density at radius 3 is 2.62 bits per heavy atom.